The van der Waals surface area contributed by atoms with E-state index in [1.807, 2.05) is 4.90 Å². The number of amides is 2. The number of rotatable bonds is 5. The number of hydrogen-bond donors (Lipinski definition) is 1. The number of likely N-dealkylation sites (tertiary alicyclic amines) is 1. The van der Waals surface area contributed by atoms with Gasteiger partial charge in [-0.3, -0.25) is 9.69 Å². The molecule has 2 aliphatic heterocycles. The van der Waals surface area contributed by atoms with E-state index in [1.54, 1.807) is 4.90 Å². The van der Waals surface area contributed by atoms with Gasteiger partial charge >= 0.3 is 11.9 Å². The van der Waals surface area contributed by atoms with Crippen LogP contribution in [0.2, 0.25) is 0 Å². The fourth-order valence-corrected chi connectivity index (χ4v) is 3.60. The summed E-state index contributed by atoms with van der Waals surface area (Å²) in [4.78, 5) is 38.2. The number of cyclic esters (lactones) is 1. The number of ether oxygens (including phenoxy) is 1. The number of nitrogens with one attached hydrogen (secondary N) is 1. The number of aromatic amines is 1. The maximum absolute atomic E-state index is 12.5. The summed E-state index contributed by atoms with van der Waals surface area (Å²) in [6.45, 7) is 5.57. The molecule has 10 heteroatoms. The molecule has 2 amide bonds. The van der Waals surface area contributed by atoms with Crippen molar-refractivity contribution < 1.29 is 19.2 Å². The second kappa shape index (κ2) is 7.30. The molecule has 1 aromatic rings. The first-order chi connectivity index (χ1) is 12.4. The number of nitrogens with zero attached hydrogens (tertiary/aromatic N) is 4. The smallest absolute Gasteiger partial charge is 0.410 e. The second-order valence-electron chi connectivity index (χ2n) is 6.86. The van der Waals surface area contributed by atoms with Gasteiger partial charge in [-0.1, -0.05) is 25.4 Å². The maximum Gasteiger partial charge on any atom is 0.410 e. The Labute approximate surface area is 150 Å². The van der Waals surface area contributed by atoms with Gasteiger partial charge in [0.15, 0.2) is 5.69 Å². The molecular weight excluding hydrogens is 342 g/mol. The molecule has 142 valence electrons. The number of piperidine rings is 1. The van der Waals surface area contributed by atoms with Crippen molar-refractivity contribution in [2.24, 2.45) is 5.92 Å². The molecule has 2 atom stereocenters. The lowest BCUT2D eigenvalue weighted by molar-refractivity contribution is -0.389. The summed E-state index contributed by atoms with van der Waals surface area (Å²) in [5.41, 5.74) is 0.0354. The molecule has 0 saturated carbocycles. The molecule has 3 heterocycles. The zero-order valence-electron chi connectivity index (χ0n) is 14.9. The van der Waals surface area contributed by atoms with Gasteiger partial charge in [0, 0.05) is 19.1 Å². The third kappa shape index (κ3) is 3.35. The van der Waals surface area contributed by atoms with E-state index in [0.29, 0.717) is 38.5 Å². The summed E-state index contributed by atoms with van der Waals surface area (Å²) < 4.78 is 5.25. The van der Waals surface area contributed by atoms with E-state index >= 15 is 0 Å². The van der Waals surface area contributed by atoms with Gasteiger partial charge in [0.2, 0.25) is 0 Å². The first kappa shape index (κ1) is 18.2. The molecule has 0 aromatic carbocycles. The van der Waals surface area contributed by atoms with Crippen molar-refractivity contribution >= 4 is 17.8 Å². The van der Waals surface area contributed by atoms with Gasteiger partial charge < -0.3 is 19.8 Å². The van der Waals surface area contributed by atoms with Gasteiger partial charge in [-0.15, -0.1) is 5.10 Å². The van der Waals surface area contributed by atoms with Crippen LogP contribution in [0.5, 0.6) is 0 Å². The predicted molar refractivity (Wildman–Crippen MR) is 90.6 cm³/mol. The number of nitro groups is 1. The first-order valence-electron chi connectivity index (χ1n) is 8.86. The maximum atomic E-state index is 12.5. The lowest BCUT2D eigenvalue weighted by Crippen LogP contribution is -2.51. The Morgan fingerprint density at radius 1 is 1.50 bits per heavy atom. The third-order valence-electron chi connectivity index (χ3n) is 5.37. The van der Waals surface area contributed by atoms with Crippen molar-refractivity contribution in [1.29, 1.82) is 0 Å². The molecule has 0 aliphatic carbocycles. The van der Waals surface area contributed by atoms with Crippen molar-refractivity contribution in [3.63, 3.8) is 0 Å². The molecule has 0 bridgehead atoms. The number of aromatic nitrogens is 2. The Hall–Kier alpha value is -2.65. The third-order valence-corrected chi connectivity index (χ3v) is 5.37. The van der Waals surface area contributed by atoms with Gasteiger partial charge in [-0.25, -0.2) is 4.79 Å². The van der Waals surface area contributed by atoms with Crippen LogP contribution in [0.15, 0.2) is 6.07 Å². The SMILES string of the molecule is CC[C@H](C)[C@H]1COC(=O)N1C1CCN(C(=O)c2cc([N+](=O)[O-])[nH]n2)CC1. The molecule has 0 unspecified atom stereocenters. The van der Waals surface area contributed by atoms with Crippen LogP contribution in [0.4, 0.5) is 10.6 Å². The van der Waals surface area contributed by atoms with Crippen LogP contribution >= 0.6 is 0 Å². The van der Waals surface area contributed by atoms with Crippen molar-refractivity contribution in [1.82, 2.24) is 20.0 Å². The topological polar surface area (TPSA) is 122 Å². The highest BCUT2D eigenvalue weighted by Gasteiger charge is 2.41. The summed E-state index contributed by atoms with van der Waals surface area (Å²) in [6.07, 6.45) is 2.00. The Balaban J connectivity index is 1.62. The van der Waals surface area contributed by atoms with E-state index < -0.39 is 4.92 Å². The fraction of sp³-hybridized carbons (Fsp3) is 0.688. The summed E-state index contributed by atoms with van der Waals surface area (Å²) >= 11 is 0. The van der Waals surface area contributed by atoms with E-state index in [2.05, 4.69) is 24.0 Å². The van der Waals surface area contributed by atoms with Crippen molar-refractivity contribution in [3.05, 3.63) is 21.9 Å². The average Bonchev–Trinajstić information content (AvgIpc) is 3.28. The molecule has 3 rings (SSSR count). The largest absolute Gasteiger partial charge is 0.447 e. The van der Waals surface area contributed by atoms with Gasteiger partial charge in [-0.05, 0) is 23.7 Å². The van der Waals surface area contributed by atoms with Gasteiger partial charge in [-0.2, -0.15) is 0 Å². The molecule has 2 fully saturated rings. The van der Waals surface area contributed by atoms with Crippen molar-refractivity contribution in [2.45, 2.75) is 45.2 Å². The minimum Gasteiger partial charge on any atom is -0.447 e. The molecule has 0 spiro atoms. The average molecular weight is 365 g/mol. The zero-order chi connectivity index (χ0) is 18.8. The predicted octanol–water partition coefficient (Wildman–Crippen LogP) is 1.79. The lowest BCUT2D eigenvalue weighted by Gasteiger charge is -2.38. The van der Waals surface area contributed by atoms with Crippen LogP contribution in [-0.4, -0.2) is 68.7 Å². The fourth-order valence-electron chi connectivity index (χ4n) is 3.60. The minimum absolute atomic E-state index is 0.0354. The van der Waals surface area contributed by atoms with Crippen LogP contribution in [0, 0.1) is 16.0 Å². The van der Waals surface area contributed by atoms with Crippen molar-refractivity contribution in [3.8, 4) is 0 Å². The monoisotopic (exact) mass is 365 g/mol. The first-order valence-corrected chi connectivity index (χ1v) is 8.86. The molecule has 0 radical (unpaired) electrons. The summed E-state index contributed by atoms with van der Waals surface area (Å²) in [5.74, 6) is -0.291. The van der Waals surface area contributed by atoms with E-state index in [1.165, 1.54) is 0 Å². The molecule has 2 saturated heterocycles. The lowest BCUT2D eigenvalue weighted by atomic mass is 9.95. The number of carbonyl (C=O) groups excluding carboxylic acids is 2. The molecule has 10 nitrogen and oxygen atoms in total. The quantitative estimate of drug-likeness (QED) is 0.627. The van der Waals surface area contributed by atoms with Crippen LogP contribution in [0.1, 0.15) is 43.6 Å². The number of hydrogen-bond acceptors (Lipinski definition) is 6. The summed E-state index contributed by atoms with van der Waals surface area (Å²) in [6, 6.07) is 1.26. The van der Waals surface area contributed by atoms with Gasteiger partial charge in [0.1, 0.15) is 6.61 Å². The molecule has 2 aliphatic rings. The van der Waals surface area contributed by atoms with E-state index in [4.69, 9.17) is 4.74 Å². The van der Waals surface area contributed by atoms with Crippen LogP contribution < -0.4 is 0 Å². The van der Waals surface area contributed by atoms with E-state index in [-0.39, 0.29) is 35.6 Å². The number of carbonyl (C=O) groups is 2. The molecule has 26 heavy (non-hydrogen) atoms. The zero-order valence-corrected chi connectivity index (χ0v) is 14.9. The summed E-state index contributed by atoms with van der Waals surface area (Å²) in [7, 11) is 0. The van der Waals surface area contributed by atoms with Gasteiger partial charge in [0.25, 0.3) is 5.91 Å². The molecular formula is C16H23N5O5. The highest BCUT2D eigenvalue weighted by molar-refractivity contribution is 5.92. The molecule has 1 N–H and O–H groups in total. The van der Waals surface area contributed by atoms with Gasteiger partial charge in [0.05, 0.1) is 12.1 Å². The number of H-pyrrole nitrogens is 1. The van der Waals surface area contributed by atoms with Crippen LogP contribution in [0.25, 0.3) is 0 Å². The minimum atomic E-state index is -0.621. The highest BCUT2D eigenvalue weighted by atomic mass is 16.6. The Bertz CT molecular complexity index is 697. The Morgan fingerprint density at radius 2 is 2.19 bits per heavy atom. The standard InChI is InChI=1S/C16H23N5O5/c1-3-10(2)13-9-26-16(23)20(13)11-4-6-19(7-5-11)15(22)12-8-14(18-17-12)21(24)25/h8,10-11,13H,3-7,9H2,1-2H3,(H,17,18)/t10-,13+/m0/s1. The normalized spacial score (nSPS) is 22.4. The Kier molecular flexibility index (Phi) is 5.10. The van der Waals surface area contributed by atoms with E-state index in [0.717, 1.165) is 12.5 Å². The highest BCUT2D eigenvalue weighted by Crippen LogP contribution is 2.29. The van der Waals surface area contributed by atoms with Crippen molar-refractivity contribution in [2.75, 3.05) is 19.7 Å². The Morgan fingerprint density at radius 3 is 2.77 bits per heavy atom. The molecule has 1 aromatic heterocycles. The summed E-state index contributed by atoms with van der Waals surface area (Å²) in [5, 5.41) is 16.7. The van der Waals surface area contributed by atoms with Crippen LogP contribution in [-0.2, 0) is 4.74 Å². The second-order valence-corrected chi connectivity index (χ2v) is 6.86. The van der Waals surface area contributed by atoms with E-state index in [9.17, 15) is 19.7 Å². The van der Waals surface area contributed by atoms with Crippen LogP contribution in [0.3, 0.4) is 0 Å².